The number of halogens is 2. The zero-order valence-corrected chi connectivity index (χ0v) is 18.1. The molecule has 31 heavy (non-hydrogen) atoms. The molecule has 1 saturated heterocycles. The van der Waals surface area contributed by atoms with Crippen LogP contribution in [0.5, 0.6) is 0 Å². The predicted octanol–water partition coefficient (Wildman–Crippen LogP) is 5.53. The van der Waals surface area contributed by atoms with Crippen LogP contribution in [0.1, 0.15) is 15.9 Å². The molecule has 2 heterocycles. The summed E-state index contributed by atoms with van der Waals surface area (Å²) in [7, 11) is 0. The summed E-state index contributed by atoms with van der Waals surface area (Å²) < 4.78 is 13.8. The molecule has 1 aliphatic rings. The van der Waals surface area contributed by atoms with E-state index in [1.54, 1.807) is 54.6 Å². The SMILES string of the molecule is O=C(Nc1ccc(Cl)cn1)c1cccc(N2C(=O)/C(=C/c3cccc(F)c3)SC2=S)c1. The number of benzene rings is 2. The van der Waals surface area contributed by atoms with Crippen LogP contribution in [0.15, 0.2) is 71.8 Å². The lowest BCUT2D eigenvalue weighted by molar-refractivity contribution is -0.113. The quantitative estimate of drug-likeness (QED) is 0.402. The van der Waals surface area contributed by atoms with Crippen LogP contribution < -0.4 is 10.2 Å². The number of carbonyl (C=O) groups is 2. The van der Waals surface area contributed by atoms with Gasteiger partial charge in [0.15, 0.2) is 4.32 Å². The second-order valence-electron chi connectivity index (χ2n) is 6.44. The lowest BCUT2D eigenvalue weighted by Crippen LogP contribution is -2.27. The molecule has 0 unspecified atom stereocenters. The van der Waals surface area contributed by atoms with Gasteiger partial charge in [-0.2, -0.15) is 0 Å². The molecule has 0 spiro atoms. The van der Waals surface area contributed by atoms with Crippen LogP contribution in [-0.2, 0) is 4.79 Å². The minimum Gasteiger partial charge on any atom is -0.307 e. The fraction of sp³-hybridized carbons (Fsp3) is 0. The first-order chi connectivity index (χ1) is 14.9. The Kier molecular flexibility index (Phi) is 6.13. The second-order valence-corrected chi connectivity index (χ2v) is 8.55. The summed E-state index contributed by atoms with van der Waals surface area (Å²) >= 11 is 12.3. The van der Waals surface area contributed by atoms with Gasteiger partial charge in [0, 0.05) is 11.8 Å². The molecule has 9 heteroatoms. The van der Waals surface area contributed by atoms with E-state index in [1.807, 2.05) is 0 Å². The van der Waals surface area contributed by atoms with E-state index in [1.165, 1.54) is 23.2 Å². The van der Waals surface area contributed by atoms with Crippen molar-refractivity contribution in [3.8, 4) is 0 Å². The highest BCUT2D eigenvalue weighted by atomic mass is 35.5. The smallest absolute Gasteiger partial charge is 0.270 e. The highest BCUT2D eigenvalue weighted by molar-refractivity contribution is 8.27. The topological polar surface area (TPSA) is 62.3 Å². The third-order valence-electron chi connectivity index (χ3n) is 4.28. The molecule has 2 aromatic carbocycles. The molecule has 2 amide bonds. The Hall–Kier alpha value is -3.07. The Morgan fingerprint density at radius 3 is 2.71 bits per heavy atom. The van der Waals surface area contributed by atoms with E-state index in [9.17, 15) is 14.0 Å². The van der Waals surface area contributed by atoms with Crippen molar-refractivity contribution in [3.05, 3.63) is 93.7 Å². The third-order valence-corrected chi connectivity index (χ3v) is 5.80. The van der Waals surface area contributed by atoms with Crippen LogP contribution in [0, 0.1) is 5.82 Å². The van der Waals surface area contributed by atoms with E-state index >= 15 is 0 Å². The number of pyridine rings is 1. The standard InChI is InChI=1S/C22H13ClFN3O2S2/c23-15-7-8-19(25-12-15)26-20(28)14-4-2-6-17(11-14)27-21(29)18(31-22(27)30)10-13-3-1-5-16(24)9-13/h1-12H,(H,25,26,28)/b18-10-. The van der Waals surface area contributed by atoms with E-state index in [-0.39, 0.29) is 5.91 Å². The molecule has 0 saturated carbocycles. The Labute approximate surface area is 191 Å². The van der Waals surface area contributed by atoms with Gasteiger partial charge in [0.25, 0.3) is 11.8 Å². The van der Waals surface area contributed by atoms with Crippen LogP contribution in [0.25, 0.3) is 6.08 Å². The molecule has 0 aliphatic carbocycles. The summed E-state index contributed by atoms with van der Waals surface area (Å²) in [4.78, 5) is 31.3. The minimum absolute atomic E-state index is 0.324. The monoisotopic (exact) mass is 469 g/mol. The number of thiocarbonyl (C=S) groups is 1. The number of aromatic nitrogens is 1. The van der Waals surface area contributed by atoms with Gasteiger partial charge in [-0.3, -0.25) is 14.5 Å². The second kappa shape index (κ2) is 8.97. The van der Waals surface area contributed by atoms with E-state index < -0.39 is 11.7 Å². The first-order valence-electron chi connectivity index (χ1n) is 8.97. The first kappa shape index (κ1) is 21.2. The minimum atomic E-state index is -0.391. The van der Waals surface area contributed by atoms with Crippen LogP contribution in [0.3, 0.4) is 0 Å². The number of hydrogen-bond donors (Lipinski definition) is 1. The van der Waals surface area contributed by atoms with E-state index in [4.69, 9.17) is 23.8 Å². The van der Waals surface area contributed by atoms with Crippen molar-refractivity contribution in [3.63, 3.8) is 0 Å². The number of nitrogens with zero attached hydrogens (tertiary/aromatic N) is 2. The number of anilines is 2. The lowest BCUT2D eigenvalue weighted by Gasteiger charge is -2.15. The molecule has 1 aromatic heterocycles. The maximum atomic E-state index is 13.4. The molecule has 5 nitrogen and oxygen atoms in total. The van der Waals surface area contributed by atoms with Gasteiger partial charge >= 0.3 is 0 Å². The Morgan fingerprint density at radius 2 is 1.97 bits per heavy atom. The summed E-state index contributed by atoms with van der Waals surface area (Å²) in [5.41, 5.74) is 1.35. The molecule has 4 rings (SSSR count). The average Bonchev–Trinajstić information content (AvgIpc) is 3.02. The predicted molar refractivity (Wildman–Crippen MR) is 126 cm³/mol. The van der Waals surface area contributed by atoms with Crippen molar-refractivity contribution in [1.29, 1.82) is 0 Å². The highest BCUT2D eigenvalue weighted by Crippen LogP contribution is 2.36. The highest BCUT2D eigenvalue weighted by Gasteiger charge is 2.33. The summed E-state index contributed by atoms with van der Waals surface area (Å²) in [6.45, 7) is 0. The van der Waals surface area contributed by atoms with Crippen LogP contribution in [0.2, 0.25) is 5.02 Å². The van der Waals surface area contributed by atoms with Gasteiger partial charge in [-0.05, 0) is 54.1 Å². The van der Waals surface area contributed by atoms with Gasteiger partial charge < -0.3 is 5.32 Å². The van der Waals surface area contributed by atoms with E-state index in [0.29, 0.717) is 36.9 Å². The van der Waals surface area contributed by atoms with Crippen molar-refractivity contribution < 1.29 is 14.0 Å². The molecule has 1 fully saturated rings. The number of hydrogen-bond acceptors (Lipinski definition) is 5. The molecule has 1 aliphatic heterocycles. The molecule has 0 bridgehead atoms. The van der Waals surface area contributed by atoms with Crippen molar-refractivity contribution >= 4 is 69.3 Å². The van der Waals surface area contributed by atoms with Gasteiger partial charge in [-0.25, -0.2) is 9.37 Å². The fourth-order valence-electron chi connectivity index (χ4n) is 2.86. The average molecular weight is 470 g/mol. The zero-order chi connectivity index (χ0) is 22.0. The van der Waals surface area contributed by atoms with Crippen LogP contribution in [0.4, 0.5) is 15.9 Å². The molecule has 0 radical (unpaired) electrons. The maximum Gasteiger partial charge on any atom is 0.270 e. The van der Waals surface area contributed by atoms with Gasteiger partial charge in [0.2, 0.25) is 0 Å². The summed E-state index contributed by atoms with van der Waals surface area (Å²) in [5.74, 6) is -0.768. The summed E-state index contributed by atoms with van der Waals surface area (Å²) in [5, 5.41) is 3.13. The van der Waals surface area contributed by atoms with Crippen molar-refractivity contribution in [2.75, 3.05) is 10.2 Å². The Bertz CT molecular complexity index is 1230. The van der Waals surface area contributed by atoms with E-state index in [0.717, 1.165) is 11.8 Å². The van der Waals surface area contributed by atoms with Gasteiger partial charge in [0.1, 0.15) is 11.6 Å². The molecule has 3 aromatic rings. The largest absolute Gasteiger partial charge is 0.307 e. The Balaban J connectivity index is 1.57. The number of amides is 2. The molecule has 154 valence electrons. The number of thioether (sulfide) groups is 1. The Morgan fingerprint density at radius 1 is 1.16 bits per heavy atom. The maximum absolute atomic E-state index is 13.4. The third kappa shape index (κ3) is 4.82. The summed E-state index contributed by atoms with van der Waals surface area (Å²) in [6, 6.07) is 15.7. The van der Waals surface area contributed by atoms with Crippen LogP contribution in [-0.4, -0.2) is 21.1 Å². The van der Waals surface area contributed by atoms with Gasteiger partial charge in [0.05, 0.1) is 15.6 Å². The summed E-state index contributed by atoms with van der Waals surface area (Å²) in [6.07, 6.45) is 3.02. The van der Waals surface area contributed by atoms with Crippen molar-refractivity contribution in [2.24, 2.45) is 0 Å². The number of nitrogens with one attached hydrogen (secondary N) is 1. The number of rotatable bonds is 4. The molecule has 0 atom stereocenters. The lowest BCUT2D eigenvalue weighted by atomic mass is 10.1. The van der Waals surface area contributed by atoms with Gasteiger partial charge in [-0.1, -0.05) is 53.8 Å². The van der Waals surface area contributed by atoms with E-state index in [2.05, 4.69) is 10.3 Å². The number of carbonyl (C=O) groups excluding carboxylic acids is 2. The fourth-order valence-corrected chi connectivity index (χ4v) is 4.27. The van der Waals surface area contributed by atoms with Crippen molar-refractivity contribution in [1.82, 2.24) is 4.98 Å². The normalized spacial score (nSPS) is 14.9. The molecular formula is C22H13ClFN3O2S2. The first-order valence-corrected chi connectivity index (χ1v) is 10.6. The zero-order valence-electron chi connectivity index (χ0n) is 15.7. The molecular weight excluding hydrogens is 457 g/mol. The van der Waals surface area contributed by atoms with Crippen LogP contribution >= 0.6 is 35.6 Å². The van der Waals surface area contributed by atoms with Crippen molar-refractivity contribution in [2.45, 2.75) is 0 Å². The molecule has 1 N–H and O–H groups in total. The van der Waals surface area contributed by atoms with Gasteiger partial charge in [-0.15, -0.1) is 0 Å².